The quantitative estimate of drug-likeness (QED) is 0.767. The first kappa shape index (κ1) is 15.4. The molecular weight excluding hydrogens is 342 g/mol. The number of sulfonamides is 1. The van der Waals surface area contributed by atoms with Crippen LogP contribution in [0.4, 0.5) is 5.69 Å². The molecule has 0 aliphatic carbocycles. The van der Waals surface area contributed by atoms with Crippen molar-refractivity contribution in [3.63, 3.8) is 0 Å². The summed E-state index contributed by atoms with van der Waals surface area (Å²) in [5.74, 6) is -2.97. The highest BCUT2D eigenvalue weighted by atomic mass is 79.9. The zero-order valence-electron chi connectivity index (χ0n) is 9.71. The molecule has 7 nitrogen and oxygen atoms in total. The Bertz CT molecular complexity index is 612. The number of esters is 1. The number of carboxylic acid groups (broad SMARTS) is 1. The highest BCUT2D eigenvalue weighted by Gasteiger charge is 2.18. The van der Waals surface area contributed by atoms with Crippen LogP contribution >= 0.6 is 15.9 Å². The Labute approximate surface area is 117 Å². The van der Waals surface area contributed by atoms with E-state index in [2.05, 4.69) is 25.4 Å². The SMILES string of the molecule is COC(=O)CS(=O)(=O)Nc1ccc(Br)c(C(=O)O)c1. The zero-order valence-corrected chi connectivity index (χ0v) is 12.1. The molecule has 0 heterocycles. The van der Waals surface area contributed by atoms with Crippen LogP contribution in [-0.4, -0.2) is 38.3 Å². The number of hydrogen-bond acceptors (Lipinski definition) is 5. The van der Waals surface area contributed by atoms with Crippen LogP contribution in [0, 0.1) is 0 Å². The Morgan fingerprint density at radius 3 is 2.58 bits per heavy atom. The van der Waals surface area contributed by atoms with Gasteiger partial charge in [0.05, 0.1) is 12.7 Å². The number of carbonyl (C=O) groups is 2. The van der Waals surface area contributed by atoms with Gasteiger partial charge in [-0.25, -0.2) is 13.2 Å². The number of ether oxygens (including phenoxy) is 1. The van der Waals surface area contributed by atoms with Gasteiger partial charge in [-0.15, -0.1) is 0 Å². The van der Waals surface area contributed by atoms with E-state index in [-0.39, 0.29) is 11.3 Å². The van der Waals surface area contributed by atoms with Gasteiger partial charge in [0.2, 0.25) is 10.0 Å². The van der Waals surface area contributed by atoms with E-state index in [0.29, 0.717) is 4.47 Å². The number of hydrogen-bond donors (Lipinski definition) is 2. The fraction of sp³-hybridized carbons (Fsp3) is 0.200. The molecule has 1 rings (SSSR count). The van der Waals surface area contributed by atoms with Crippen molar-refractivity contribution in [3.05, 3.63) is 28.2 Å². The summed E-state index contributed by atoms with van der Waals surface area (Å²) in [6, 6.07) is 3.89. The summed E-state index contributed by atoms with van der Waals surface area (Å²) in [7, 11) is -2.86. The molecule has 0 saturated heterocycles. The highest BCUT2D eigenvalue weighted by Crippen LogP contribution is 2.21. The summed E-state index contributed by atoms with van der Waals surface area (Å²) in [6.07, 6.45) is 0. The molecule has 0 unspecified atom stereocenters. The van der Waals surface area contributed by atoms with Crippen molar-refractivity contribution in [1.29, 1.82) is 0 Å². The molecule has 0 aromatic heterocycles. The maximum Gasteiger partial charge on any atom is 0.336 e. The number of rotatable bonds is 5. The number of carbonyl (C=O) groups excluding carboxylic acids is 1. The maximum atomic E-state index is 11.6. The highest BCUT2D eigenvalue weighted by molar-refractivity contribution is 9.10. The summed E-state index contributed by atoms with van der Waals surface area (Å²) in [5.41, 5.74) is -0.0530. The van der Waals surface area contributed by atoms with Crippen molar-refractivity contribution >= 4 is 43.6 Å². The molecule has 0 aliphatic heterocycles. The van der Waals surface area contributed by atoms with Crippen LogP contribution in [0.2, 0.25) is 0 Å². The third-order valence-electron chi connectivity index (χ3n) is 2.01. The summed E-state index contributed by atoms with van der Waals surface area (Å²) in [5, 5.41) is 8.89. The van der Waals surface area contributed by atoms with Crippen molar-refractivity contribution in [3.8, 4) is 0 Å². The molecule has 0 atom stereocenters. The normalized spacial score (nSPS) is 10.8. The lowest BCUT2D eigenvalue weighted by atomic mass is 10.2. The van der Waals surface area contributed by atoms with Gasteiger partial charge in [-0.2, -0.15) is 0 Å². The Hall–Kier alpha value is -1.61. The first-order valence-electron chi connectivity index (χ1n) is 4.85. The van der Waals surface area contributed by atoms with Crippen LogP contribution in [0.1, 0.15) is 10.4 Å². The molecule has 1 aromatic rings. The van der Waals surface area contributed by atoms with Crippen molar-refractivity contribution in [2.75, 3.05) is 17.6 Å². The van der Waals surface area contributed by atoms with E-state index in [1.807, 2.05) is 0 Å². The predicted molar refractivity (Wildman–Crippen MR) is 70.5 cm³/mol. The van der Waals surface area contributed by atoms with Gasteiger partial charge in [0.1, 0.15) is 0 Å². The minimum atomic E-state index is -3.93. The average Bonchev–Trinajstić information content (AvgIpc) is 2.30. The number of aromatic carboxylic acids is 1. The Balaban J connectivity index is 2.97. The molecule has 0 aliphatic rings. The molecule has 104 valence electrons. The van der Waals surface area contributed by atoms with Crippen molar-refractivity contribution < 1.29 is 27.9 Å². The summed E-state index contributed by atoms with van der Waals surface area (Å²) >= 11 is 3.03. The van der Waals surface area contributed by atoms with Crippen LogP contribution in [-0.2, 0) is 19.6 Å². The molecule has 0 fully saturated rings. The van der Waals surface area contributed by atoms with E-state index in [0.717, 1.165) is 13.2 Å². The average molecular weight is 352 g/mol. The number of benzene rings is 1. The predicted octanol–water partition coefficient (Wildman–Crippen LogP) is 1.06. The number of carboxylic acids is 1. The zero-order chi connectivity index (χ0) is 14.6. The monoisotopic (exact) mass is 351 g/mol. The van der Waals surface area contributed by atoms with Crippen LogP contribution in [0.25, 0.3) is 0 Å². The van der Waals surface area contributed by atoms with Gasteiger partial charge < -0.3 is 9.84 Å². The molecule has 19 heavy (non-hydrogen) atoms. The van der Waals surface area contributed by atoms with Crippen LogP contribution in [0.5, 0.6) is 0 Å². The fourth-order valence-electron chi connectivity index (χ4n) is 1.18. The van der Waals surface area contributed by atoms with Crippen LogP contribution in [0.15, 0.2) is 22.7 Å². The van der Waals surface area contributed by atoms with Gasteiger partial charge >= 0.3 is 11.9 Å². The molecule has 0 bridgehead atoms. The first-order valence-corrected chi connectivity index (χ1v) is 7.30. The van der Waals surface area contributed by atoms with Crippen molar-refractivity contribution in [2.45, 2.75) is 0 Å². The lowest BCUT2D eigenvalue weighted by Gasteiger charge is -2.08. The van der Waals surface area contributed by atoms with Gasteiger partial charge in [-0.3, -0.25) is 9.52 Å². The molecule has 0 saturated carbocycles. The Morgan fingerprint density at radius 2 is 2.05 bits per heavy atom. The summed E-state index contributed by atoms with van der Waals surface area (Å²) in [6.45, 7) is 0. The lowest BCUT2D eigenvalue weighted by Crippen LogP contribution is -2.23. The minimum absolute atomic E-state index is 0.0458. The number of methoxy groups -OCH3 is 1. The van der Waals surface area contributed by atoms with E-state index < -0.39 is 27.7 Å². The molecular formula is C10H10BrNO6S. The third kappa shape index (κ3) is 4.52. The molecule has 0 radical (unpaired) electrons. The van der Waals surface area contributed by atoms with E-state index in [1.165, 1.54) is 12.1 Å². The van der Waals surface area contributed by atoms with Gasteiger partial charge in [0, 0.05) is 10.2 Å². The largest absolute Gasteiger partial charge is 0.478 e. The standard InChI is InChI=1S/C10H10BrNO6S/c1-18-9(13)5-19(16,17)12-6-2-3-8(11)7(4-6)10(14)15/h2-4,12H,5H2,1H3,(H,14,15). The number of anilines is 1. The van der Waals surface area contributed by atoms with Gasteiger partial charge in [0.25, 0.3) is 0 Å². The summed E-state index contributed by atoms with van der Waals surface area (Å²) < 4.78 is 29.8. The molecule has 9 heteroatoms. The second kappa shape index (κ2) is 6.02. The second-order valence-corrected chi connectivity index (χ2v) is 6.01. The molecule has 0 amide bonds. The van der Waals surface area contributed by atoms with E-state index >= 15 is 0 Å². The third-order valence-corrected chi connectivity index (χ3v) is 3.86. The smallest absolute Gasteiger partial charge is 0.336 e. The Kier molecular flexibility index (Phi) is 4.90. The minimum Gasteiger partial charge on any atom is -0.478 e. The topological polar surface area (TPSA) is 110 Å². The lowest BCUT2D eigenvalue weighted by molar-refractivity contribution is -0.137. The van der Waals surface area contributed by atoms with Gasteiger partial charge in [0.15, 0.2) is 5.75 Å². The maximum absolute atomic E-state index is 11.6. The van der Waals surface area contributed by atoms with Crippen LogP contribution < -0.4 is 4.72 Å². The molecule has 0 spiro atoms. The van der Waals surface area contributed by atoms with Gasteiger partial charge in [-0.05, 0) is 34.1 Å². The van der Waals surface area contributed by atoms with Crippen LogP contribution in [0.3, 0.4) is 0 Å². The first-order chi connectivity index (χ1) is 8.75. The number of nitrogens with one attached hydrogen (secondary N) is 1. The number of halogens is 1. The second-order valence-electron chi connectivity index (χ2n) is 3.44. The van der Waals surface area contributed by atoms with Crippen molar-refractivity contribution in [1.82, 2.24) is 0 Å². The molecule has 2 N–H and O–H groups in total. The van der Waals surface area contributed by atoms with E-state index in [4.69, 9.17) is 5.11 Å². The van der Waals surface area contributed by atoms with E-state index in [9.17, 15) is 18.0 Å². The van der Waals surface area contributed by atoms with E-state index in [1.54, 1.807) is 0 Å². The summed E-state index contributed by atoms with van der Waals surface area (Å²) in [4.78, 5) is 21.8. The van der Waals surface area contributed by atoms with Crippen molar-refractivity contribution in [2.24, 2.45) is 0 Å². The van der Waals surface area contributed by atoms with Gasteiger partial charge in [-0.1, -0.05) is 0 Å². The fourth-order valence-corrected chi connectivity index (χ4v) is 2.59. The molecule has 1 aromatic carbocycles. The Morgan fingerprint density at radius 1 is 1.42 bits per heavy atom.